The van der Waals surface area contributed by atoms with E-state index in [1.54, 1.807) is 121 Å². The van der Waals surface area contributed by atoms with Crippen molar-refractivity contribution in [2.75, 3.05) is 99.9 Å². The number of benzene rings is 9. The summed E-state index contributed by atoms with van der Waals surface area (Å²) in [7, 11) is 15.4. The monoisotopic (exact) mass is 2040 g/mol. The molecule has 0 aliphatic rings. The Bertz CT molecular complexity index is 7790. The topological polar surface area (TPSA) is 607 Å². The predicted octanol–water partition coefficient (Wildman–Crippen LogP) is 7.59. The van der Waals surface area contributed by atoms with Gasteiger partial charge in [-0.2, -0.15) is 20.4 Å². The van der Waals surface area contributed by atoms with Gasteiger partial charge in [0.1, 0.15) is 51.7 Å². The summed E-state index contributed by atoms with van der Waals surface area (Å²) in [6.07, 6.45) is 20.6. The Balaban J connectivity index is 0.000000151. The Morgan fingerprint density at radius 1 is 0.413 bits per heavy atom. The van der Waals surface area contributed by atoms with Gasteiger partial charge < -0.3 is 130 Å². The van der Waals surface area contributed by atoms with Gasteiger partial charge in [-0.05, 0) is 122 Å². The van der Waals surface area contributed by atoms with Gasteiger partial charge in [-0.1, -0.05) is 24.0 Å². The van der Waals surface area contributed by atoms with Crippen molar-refractivity contribution < 1.29 is 114 Å². The molecule has 0 fully saturated rings. The van der Waals surface area contributed by atoms with Crippen LogP contribution in [-0.4, -0.2) is 251 Å². The van der Waals surface area contributed by atoms with Crippen molar-refractivity contribution in [1.29, 1.82) is 0 Å². The number of methoxy groups -OCH3 is 6. The summed E-state index contributed by atoms with van der Waals surface area (Å²) in [6, 6.07) is 52.5. The summed E-state index contributed by atoms with van der Waals surface area (Å²) >= 11 is 0. The number of nitrogen functional groups attached to an aromatic ring is 2. The Hall–Kier alpha value is -17.9. The minimum Gasteiger partial charge on any atom is -0.497 e. The van der Waals surface area contributed by atoms with E-state index >= 15 is 0 Å². The molecule has 45 nitrogen and oxygen atoms in total. The fourth-order valence-corrected chi connectivity index (χ4v) is 15.7. The second-order valence-corrected chi connectivity index (χ2v) is 34.2. The fourth-order valence-electron chi connectivity index (χ4n) is 15.7. The molecular weight excluding hydrogens is 1930 g/mol. The molecule has 18 aromatic rings. The number of nitrogens with two attached hydrogens (primary N) is 2. The summed E-state index contributed by atoms with van der Waals surface area (Å²) in [5.41, 5.74) is 30.1. The number of nitrogens with one attached hydrogen (secondary N) is 3. The Labute approximate surface area is 856 Å². The number of aryl methyl sites for hydroxylation is 3. The zero-order chi connectivity index (χ0) is 107. The largest absolute Gasteiger partial charge is 0.497 e. The van der Waals surface area contributed by atoms with E-state index in [2.05, 4.69) is 135 Å². The third-order valence-corrected chi connectivity index (χ3v) is 23.2. The number of hydrogen-bond acceptors (Lipinski definition) is 39. The van der Waals surface area contributed by atoms with Gasteiger partial charge in [0.15, 0.2) is 14.1 Å². The zero-order valence-corrected chi connectivity index (χ0v) is 82.7. The molecule has 45 heteroatoms. The fraction of sp³-hybridized carbons (Fsp3) is 0.210. The third-order valence-electron chi connectivity index (χ3n) is 23.2. The molecule has 0 unspecified atom stereocenters. The standard InChI is InChI=1S/C32H37N7O2.C28H25N7O2.C23H25N5O15.C22H19N5O2/c1-22(2)38(20-23-6-8-25(33)9-7-23)12-13-39(27-14-28(40-4)17-29(15-27)41-5)26-10-11-30-31(16-26)36-32(19-34-30)24-18-35-37(3)21-24;1-34-18-19(16-32-34)28-17-31-26-7-6-22(14-27(26)33-28)35(10-4-5-21-11-20(29)8-9-30-21)23-12-24(36-2)15-25(13-23)37-3;1-27-10-11(8-25-27)18-9-24-16-3-2-12(6-17(16)26-18)28(20(31,32)19(29,30)21(33,34)35)13-4-14(42-22(36,37)38)7-15(5-13)43-23(39,40)41;1-4-7-27(17-8-18(28-2)11-19(9-17)29-3)16-5-6-20-21(10-16)26-22(14-23-20)15-12-24-25-13-15/h6-11,14-19,21-22H,12-13,20,33H2,1-5H3;6-9,11-18H,10H2,1-3H3,(H2,29,30);2-10,29-41H,1H3;1,5-6,8-14H,7H2,2-3H3,(H,24,25)/p+2. The van der Waals surface area contributed by atoms with Crippen LogP contribution in [0.25, 0.3) is 89.2 Å². The van der Waals surface area contributed by atoms with E-state index < -0.39 is 52.9 Å². The van der Waals surface area contributed by atoms with E-state index in [9.17, 15) is 66.4 Å². The van der Waals surface area contributed by atoms with Crippen LogP contribution in [-0.2, 0) is 27.7 Å². The molecule has 9 aromatic carbocycles. The highest BCUT2D eigenvalue weighted by atomic mass is 16.9. The van der Waals surface area contributed by atoms with E-state index in [0.29, 0.717) is 83.0 Å². The predicted molar refractivity (Wildman–Crippen MR) is 553 cm³/mol. The van der Waals surface area contributed by atoms with Crippen LogP contribution in [0.1, 0.15) is 25.1 Å². The number of aliphatic hydroxyl groups is 13. The van der Waals surface area contributed by atoms with Crippen molar-refractivity contribution >= 4 is 101 Å². The van der Waals surface area contributed by atoms with Crippen LogP contribution < -0.4 is 78.3 Å². The first-order chi connectivity index (χ1) is 71.6. The first kappa shape index (κ1) is 106. The van der Waals surface area contributed by atoms with Crippen LogP contribution in [0.2, 0.25) is 0 Å². The molecule has 0 bridgehead atoms. The maximum absolute atomic E-state index is 11.0. The Kier molecular flexibility index (Phi) is 32.5. The molecule has 9 aromatic heterocycles. The van der Waals surface area contributed by atoms with Crippen LogP contribution in [0.5, 0.6) is 46.0 Å². The van der Waals surface area contributed by atoms with Gasteiger partial charge in [-0.25, -0.2) is 24.9 Å². The highest BCUT2D eigenvalue weighted by molar-refractivity contribution is 5.88. The van der Waals surface area contributed by atoms with Crippen LogP contribution in [0, 0.1) is 24.2 Å². The number of ether oxygens (including phenoxy) is 8. The molecule has 0 atom stereocenters. The van der Waals surface area contributed by atoms with Crippen LogP contribution in [0.15, 0.2) is 263 Å². The quantitative estimate of drug-likeness (QED) is 0.00814. The molecule has 9 heterocycles. The normalized spacial score (nSPS) is 11.6. The smallest absolute Gasteiger partial charge is 0.453 e. The van der Waals surface area contributed by atoms with Crippen molar-refractivity contribution in [1.82, 2.24) is 79.9 Å². The summed E-state index contributed by atoms with van der Waals surface area (Å²) in [5, 5.41) is 144. The molecule has 0 aliphatic heterocycles. The molecular formula is C105H108N24O21+2. The number of terminal acetylenes is 1. The lowest BCUT2D eigenvalue weighted by Crippen LogP contribution is -2.73. The maximum Gasteiger partial charge on any atom is 0.453 e. The van der Waals surface area contributed by atoms with E-state index in [1.807, 2.05) is 158 Å². The van der Waals surface area contributed by atoms with Gasteiger partial charge in [-0.3, -0.25) is 39.5 Å². The number of nitrogens with zero attached hydrogens (tertiary/aromatic N) is 19. The minimum absolute atomic E-state index is 0.0217. The highest BCUT2D eigenvalue weighted by Crippen LogP contribution is 2.45. The second-order valence-electron chi connectivity index (χ2n) is 34.2. The van der Waals surface area contributed by atoms with Crippen LogP contribution in [0.4, 0.5) is 56.9 Å². The number of anilines is 10. The summed E-state index contributed by atoms with van der Waals surface area (Å²) in [4.78, 5) is 50.1. The van der Waals surface area contributed by atoms with Gasteiger partial charge >= 0.3 is 30.0 Å². The third kappa shape index (κ3) is 26.1. The highest BCUT2D eigenvalue weighted by Gasteiger charge is 2.65. The molecule has 0 aliphatic carbocycles. The Morgan fingerprint density at radius 3 is 1.21 bits per heavy atom. The summed E-state index contributed by atoms with van der Waals surface area (Å²) < 4.78 is 47.2. The molecule has 150 heavy (non-hydrogen) atoms. The average Bonchev–Trinajstić information content (AvgIpc) is 0.885. The van der Waals surface area contributed by atoms with Crippen molar-refractivity contribution in [2.24, 2.45) is 21.1 Å². The van der Waals surface area contributed by atoms with Crippen molar-refractivity contribution in [3.8, 4) is 115 Å². The number of aromatic nitrogens is 17. The van der Waals surface area contributed by atoms with Gasteiger partial charge in [0.05, 0.1) is 189 Å². The van der Waals surface area contributed by atoms with Gasteiger partial charge in [-0.15, -0.1) is 15.8 Å². The van der Waals surface area contributed by atoms with Crippen molar-refractivity contribution in [3.63, 3.8) is 0 Å². The molecule has 772 valence electrons. The number of hydrogen-bond donors (Lipinski definition) is 18. The van der Waals surface area contributed by atoms with Crippen LogP contribution >= 0.6 is 0 Å². The van der Waals surface area contributed by atoms with E-state index in [0.717, 1.165) is 150 Å². The molecule has 0 spiro atoms. The SMILES string of the molecule is C#CCN(c1cc(OC)cc(OC)c1)c1ccc2ncc(-c3cn[nH]c3)nc2c1.COc1cc(OC)cc(N(CC#Cc2cc(N)ccn2)c2ccc3ncc(-c4cnn(C)c4)nc3c2)c1.COc1cc(OC)cc(N(CCN(Cc2ccc(N)cc2)C(C)C)c2ccc3ncc(-c4c[nH][n+](C)c4)nc3c2)c1.C[n+]1cc(-c2cnc3ccc(N(c4cc(OC(O)(O)O)cc(OC(O)(O)O)c4)C(O)(O)C(O)(O)C(O)(O)O)cc3n2)c[nH]1. The minimum atomic E-state index is -4.66. The summed E-state index contributed by atoms with van der Waals surface area (Å²) in [6.45, 7) is 7.58. The molecule has 0 radical (unpaired) electrons. The number of rotatable bonds is 33. The molecule has 18 rings (SSSR count). The van der Waals surface area contributed by atoms with E-state index in [-0.39, 0.29) is 15.9 Å². The van der Waals surface area contributed by atoms with Crippen molar-refractivity contribution in [2.45, 2.75) is 56.4 Å². The number of fused-ring (bicyclic) bond motifs is 4. The molecule has 0 amide bonds. The average molecular weight is 2040 g/mol. The number of pyridine rings is 1. The first-order valence-corrected chi connectivity index (χ1v) is 45.8. The van der Waals surface area contributed by atoms with Crippen molar-refractivity contribution in [3.05, 3.63) is 274 Å². The molecule has 20 N–H and O–H groups in total. The summed E-state index contributed by atoms with van der Waals surface area (Å²) in [5.74, 6) is -2.25. The van der Waals surface area contributed by atoms with E-state index in [4.69, 9.17) is 61.3 Å². The maximum atomic E-state index is 11.0. The Morgan fingerprint density at radius 2 is 0.820 bits per heavy atom. The van der Waals surface area contributed by atoms with Gasteiger partial charge in [0, 0.05) is 186 Å². The molecule has 0 saturated heterocycles. The lowest BCUT2D eigenvalue weighted by atomic mass is 10.1. The number of H-pyrrole nitrogens is 3. The van der Waals surface area contributed by atoms with E-state index in [1.165, 1.54) is 17.8 Å². The lowest BCUT2D eigenvalue weighted by molar-refractivity contribution is -0.726. The van der Waals surface area contributed by atoms with Gasteiger partial charge in [0.2, 0.25) is 12.4 Å². The van der Waals surface area contributed by atoms with Crippen LogP contribution in [0.3, 0.4) is 0 Å². The first-order valence-electron chi connectivity index (χ1n) is 45.8. The number of aromatic amines is 3. The lowest BCUT2D eigenvalue weighted by Gasteiger charge is -2.45. The second kappa shape index (κ2) is 45.8. The van der Waals surface area contributed by atoms with Gasteiger partial charge in [0.25, 0.3) is 0 Å². The zero-order valence-electron chi connectivity index (χ0n) is 82.7. The molecule has 0 saturated carbocycles.